The summed E-state index contributed by atoms with van der Waals surface area (Å²) in [6.07, 6.45) is -1.00. The monoisotopic (exact) mass is 613 g/mol. The molecule has 4 aromatic rings. The molecule has 0 amide bonds. The largest absolute Gasteiger partial charge is 0.507 e. The van der Waals surface area contributed by atoms with Gasteiger partial charge in [-0.2, -0.15) is 0 Å². The van der Waals surface area contributed by atoms with Crippen LogP contribution in [-0.4, -0.2) is 59.8 Å². The summed E-state index contributed by atoms with van der Waals surface area (Å²) in [7, 11) is 0. The van der Waals surface area contributed by atoms with Crippen molar-refractivity contribution in [3.8, 4) is 62.9 Å². The molecule has 3 unspecified atom stereocenters. The lowest BCUT2D eigenvalue weighted by molar-refractivity contribution is -0.123. The van der Waals surface area contributed by atoms with Crippen molar-refractivity contribution in [2.75, 3.05) is 0 Å². The fourth-order valence-corrected chi connectivity index (χ4v) is 4.25. The second kappa shape index (κ2) is 13.5. The van der Waals surface area contributed by atoms with Gasteiger partial charge in [0.2, 0.25) is 0 Å². The Bertz CT molecular complexity index is 1560. The Balaban J connectivity index is 1.82. The number of rotatable bonds is 12. The van der Waals surface area contributed by atoms with E-state index in [0.29, 0.717) is 6.42 Å². The maximum absolute atomic E-state index is 11.8. The molecule has 0 fully saturated rings. The van der Waals surface area contributed by atoms with E-state index in [1.807, 2.05) is 6.92 Å². The fraction of sp³-hybridized carbons (Fsp3) is 0.294. The Morgan fingerprint density at radius 3 is 1.31 bits per heavy atom. The third kappa shape index (κ3) is 7.80. The number of hydrogen-bond acceptors (Lipinski definition) is 11. The van der Waals surface area contributed by atoms with E-state index in [2.05, 4.69) is 15.0 Å². The summed E-state index contributed by atoms with van der Waals surface area (Å²) in [5, 5.41) is 32.8. The minimum atomic E-state index is -0.719. The van der Waals surface area contributed by atoms with Gasteiger partial charge in [0.1, 0.15) is 34.5 Å². The van der Waals surface area contributed by atoms with Crippen LogP contribution in [0.1, 0.15) is 47.1 Å². The summed E-state index contributed by atoms with van der Waals surface area (Å²) in [4.78, 5) is 48.6. The number of phenols is 3. The first-order valence-electron chi connectivity index (χ1n) is 14.3. The lowest BCUT2D eigenvalue weighted by atomic mass is 9.96. The van der Waals surface area contributed by atoms with Crippen molar-refractivity contribution in [1.29, 1.82) is 0 Å². The van der Waals surface area contributed by atoms with Gasteiger partial charge in [0, 0.05) is 18.1 Å². The lowest BCUT2D eigenvalue weighted by Crippen LogP contribution is -2.20. The van der Waals surface area contributed by atoms with Crippen LogP contribution in [0.15, 0.2) is 54.6 Å². The zero-order valence-corrected chi connectivity index (χ0v) is 25.9. The molecule has 3 aromatic carbocycles. The van der Waals surface area contributed by atoms with Gasteiger partial charge >= 0.3 is 0 Å². The number of aromatic nitrogens is 3. The highest BCUT2D eigenvalue weighted by Crippen LogP contribution is 2.37. The van der Waals surface area contributed by atoms with Crippen LogP contribution in [0.2, 0.25) is 0 Å². The first-order valence-corrected chi connectivity index (χ1v) is 14.3. The van der Waals surface area contributed by atoms with Crippen LogP contribution in [0.4, 0.5) is 0 Å². The topological polar surface area (TPSA) is 169 Å². The highest BCUT2D eigenvalue weighted by atomic mass is 16.5. The third-order valence-electron chi connectivity index (χ3n) is 7.37. The molecule has 1 aromatic heterocycles. The summed E-state index contributed by atoms with van der Waals surface area (Å²) < 4.78 is 11.2. The van der Waals surface area contributed by atoms with Crippen molar-refractivity contribution in [2.24, 2.45) is 5.92 Å². The predicted octanol–water partition coefficient (Wildman–Crippen LogP) is 5.47. The van der Waals surface area contributed by atoms with Crippen LogP contribution < -0.4 is 9.47 Å². The van der Waals surface area contributed by atoms with Gasteiger partial charge in [-0.25, -0.2) is 15.0 Å². The first kappa shape index (κ1) is 32.6. The second-order valence-electron chi connectivity index (χ2n) is 11.0. The molecule has 1 heterocycles. The SMILES string of the molecule is CC(=O)C(C)Cc1ccc(-c2nc(-c3ccc(OC(C)C(C)=O)cc3O)nc(-c3ccc(OC(C)C(C)=O)cc3O)n2)c(O)c1. The zero-order valence-electron chi connectivity index (χ0n) is 25.9. The molecule has 234 valence electrons. The van der Waals surface area contributed by atoms with Crippen molar-refractivity contribution in [1.82, 2.24) is 15.0 Å². The predicted molar refractivity (Wildman–Crippen MR) is 166 cm³/mol. The van der Waals surface area contributed by atoms with Crippen molar-refractivity contribution >= 4 is 17.3 Å². The summed E-state index contributed by atoms with van der Waals surface area (Å²) in [6.45, 7) is 9.32. The number of hydrogen-bond donors (Lipinski definition) is 3. The summed E-state index contributed by atoms with van der Waals surface area (Å²) in [6, 6.07) is 13.7. The molecule has 45 heavy (non-hydrogen) atoms. The van der Waals surface area contributed by atoms with Crippen molar-refractivity contribution in [2.45, 2.75) is 60.2 Å². The van der Waals surface area contributed by atoms with Crippen LogP contribution in [0.5, 0.6) is 28.7 Å². The molecule has 4 rings (SSSR count). The van der Waals surface area contributed by atoms with E-state index in [9.17, 15) is 29.7 Å². The normalized spacial score (nSPS) is 13.0. The molecule has 0 bridgehead atoms. The smallest absolute Gasteiger partial charge is 0.169 e. The number of carbonyl (C=O) groups excluding carboxylic acids is 3. The van der Waals surface area contributed by atoms with Crippen LogP contribution >= 0.6 is 0 Å². The van der Waals surface area contributed by atoms with Crippen LogP contribution in [0, 0.1) is 5.92 Å². The molecular weight excluding hydrogens is 578 g/mol. The Hall–Kier alpha value is -5.32. The maximum atomic E-state index is 11.8. The molecule has 3 atom stereocenters. The second-order valence-corrected chi connectivity index (χ2v) is 11.0. The maximum Gasteiger partial charge on any atom is 0.169 e. The first-order chi connectivity index (χ1) is 21.2. The van der Waals surface area contributed by atoms with Crippen molar-refractivity contribution in [3.05, 3.63) is 60.2 Å². The fourth-order valence-electron chi connectivity index (χ4n) is 4.25. The minimum Gasteiger partial charge on any atom is -0.507 e. The van der Waals surface area contributed by atoms with E-state index in [1.54, 1.807) is 38.1 Å². The van der Waals surface area contributed by atoms with Crippen LogP contribution in [0.25, 0.3) is 34.2 Å². The highest BCUT2D eigenvalue weighted by Gasteiger charge is 2.21. The molecule has 0 aliphatic rings. The Kier molecular flexibility index (Phi) is 9.81. The minimum absolute atomic E-state index is 0.0253. The Labute approximate surface area is 260 Å². The van der Waals surface area contributed by atoms with Gasteiger partial charge in [-0.05, 0) is 83.0 Å². The summed E-state index contributed by atoms with van der Waals surface area (Å²) >= 11 is 0. The molecule has 0 radical (unpaired) electrons. The molecule has 3 N–H and O–H groups in total. The van der Waals surface area contributed by atoms with E-state index in [4.69, 9.17) is 9.47 Å². The summed E-state index contributed by atoms with van der Waals surface area (Å²) in [5.41, 5.74) is 1.39. The van der Waals surface area contributed by atoms with Gasteiger partial charge < -0.3 is 24.8 Å². The lowest BCUT2D eigenvalue weighted by Gasteiger charge is -2.15. The number of Topliss-reactive ketones (excluding diaryl/α,β-unsaturated/α-hetero) is 3. The van der Waals surface area contributed by atoms with Gasteiger partial charge in [-0.15, -0.1) is 0 Å². The molecule has 0 saturated heterocycles. The van der Waals surface area contributed by atoms with Crippen LogP contribution in [-0.2, 0) is 20.8 Å². The standard InChI is InChI=1S/C34H35N3O8/c1-17(18(2)38)13-23-7-10-26(29(41)14-23)32-35-33(27-11-8-24(15-30(27)42)44-21(5)19(3)39)37-34(36-32)28-12-9-25(16-31(28)43)45-22(6)20(4)40/h7-12,14-17,21-22,41-43H,13H2,1-6H3. The molecule has 11 nitrogen and oxygen atoms in total. The number of nitrogens with zero attached hydrogens (tertiary/aromatic N) is 3. The van der Waals surface area contributed by atoms with E-state index in [-0.39, 0.29) is 86.2 Å². The Morgan fingerprint density at radius 1 is 0.600 bits per heavy atom. The number of phenolic OH excluding ortho intramolecular Hbond substituents is 3. The van der Waals surface area contributed by atoms with Crippen molar-refractivity contribution in [3.63, 3.8) is 0 Å². The van der Waals surface area contributed by atoms with Gasteiger partial charge in [0.05, 0.1) is 16.7 Å². The molecule has 0 saturated carbocycles. The van der Waals surface area contributed by atoms with E-state index in [1.165, 1.54) is 51.1 Å². The number of carbonyl (C=O) groups is 3. The number of ether oxygens (including phenoxy) is 2. The average Bonchev–Trinajstić information content (AvgIpc) is 2.97. The average molecular weight is 614 g/mol. The quantitative estimate of drug-likeness (QED) is 0.185. The van der Waals surface area contributed by atoms with Crippen molar-refractivity contribution < 1.29 is 39.2 Å². The molecule has 11 heteroatoms. The number of benzene rings is 3. The van der Waals surface area contributed by atoms with Gasteiger partial charge in [-0.1, -0.05) is 13.0 Å². The highest BCUT2D eigenvalue weighted by molar-refractivity contribution is 5.81. The molecule has 0 aliphatic heterocycles. The number of aromatic hydroxyl groups is 3. The van der Waals surface area contributed by atoms with Gasteiger partial charge in [0.15, 0.2) is 41.2 Å². The molecule has 0 spiro atoms. The summed E-state index contributed by atoms with van der Waals surface area (Å²) in [5.74, 6) is -0.559. The molecular formula is C34H35N3O8. The third-order valence-corrected chi connectivity index (χ3v) is 7.37. The van der Waals surface area contributed by atoms with E-state index >= 15 is 0 Å². The number of ketones is 3. The van der Waals surface area contributed by atoms with Gasteiger partial charge in [-0.3, -0.25) is 14.4 Å². The van der Waals surface area contributed by atoms with Crippen LogP contribution in [0.3, 0.4) is 0 Å². The zero-order chi connectivity index (χ0) is 33.0. The Morgan fingerprint density at radius 2 is 0.978 bits per heavy atom. The van der Waals surface area contributed by atoms with E-state index < -0.39 is 12.2 Å². The molecule has 0 aliphatic carbocycles. The van der Waals surface area contributed by atoms with Gasteiger partial charge in [0.25, 0.3) is 0 Å². The van der Waals surface area contributed by atoms with E-state index in [0.717, 1.165) is 5.56 Å².